The summed E-state index contributed by atoms with van der Waals surface area (Å²) < 4.78 is 1.57. The lowest BCUT2D eigenvalue weighted by Crippen LogP contribution is -2.37. The highest BCUT2D eigenvalue weighted by Crippen LogP contribution is 2.19. The Hall–Kier alpha value is -2.08. The van der Waals surface area contributed by atoms with E-state index >= 15 is 0 Å². The third kappa shape index (κ3) is 5.25. The number of thioether (sulfide) groups is 1. The molecule has 0 spiro atoms. The number of carbonyl (C=O) groups is 1. The number of nitrogens with zero attached hydrogens (tertiary/aromatic N) is 2. The van der Waals surface area contributed by atoms with E-state index in [2.05, 4.69) is 16.4 Å². The quantitative estimate of drug-likeness (QED) is 0.596. The van der Waals surface area contributed by atoms with Gasteiger partial charge in [-0.3, -0.25) is 14.2 Å². The summed E-state index contributed by atoms with van der Waals surface area (Å²) in [6.07, 6.45) is 6.35. The summed E-state index contributed by atoms with van der Waals surface area (Å²) in [6, 6.07) is 8.48. The van der Waals surface area contributed by atoms with Crippen molar-refractivity contribution in [1.29, 1.82) is 0 Å². The zero-order chi connectivity index (χ0) is 20.1. The van der Waals surface area contributed by atoms with Gasteiger partial charge in [-0.15, -0.1) is 0 Å². The maximum Gasteiger partial charge on any atom is 0.257 e. The molecule has 1 aromatic heterocycles. The highest BCUT2D eigenvalue weighted by atomic mass is 32.2. The van der Waals surface area contributed by atoms with E-state index in [9.17, 15) is 9.59 Å². The first-order chi connectivity index (χ1) is 13.4. The van der Waals surface area contributed by atoms with Crippen molar-refractivity contribution in [3.63, 3.8) is 0 Å². The van der Waals surface area contributed by atoms with E-state index in [1.54, 1.807) is 11.6 Å². The van der Waals surface area contributed by atoms with Crippen molar-refractivity contribution >= 4 is 17.7 Å². The Morgan fingerprint density at radius 3 is 2.71 bits per heavy atom. The van der Waals surface area contributed by atoms with Crippen LogP contribution in [0.5, 0.6) is 0 Å². The molecule has 150 valence electrons. The Bertz CT molecular complexity index is 901. The first-order valence-electron chi connectivity index (χ1n) is 9.98. The summed E-state index contributed by atoms with van der Waals surface area (Å²) in [5.41, 5.74) is 3.69. The Kier molecular flexibility index (Phi) is 6.94. The zero-order valence-electron chi connectivity index (χ0n) is 17.0. The van der Waals surface area contributed by atoms with Crippen LogP contribution in [0.15, 0.2) is 34.2 Å². The maximum atomic E-state index is 12.9. The van der Waals surface area contributed by atoms with Gasteiger partial charge in [0.05, 0.1) is 5.75 Å². The fourth-order valence-electron chi connectivity index (χ4n) is 3.74. The number of aromatic nitrogens is 2. The fourth-order valence-corrected chi connectivity index (χ4v) is 4.56. The number of aryl methyl sites for hydroxylation is 2. The third-order valence-electron chi connectivity index (χ3n) is 5.32. The summed E-state index contributed by atoms with van der Waals surface area (Å²) >= 11 is 1.33. The standard InChI is InChI=1S/C22H29N3O2S/c1-15-8-7-9-17(12-15)13-19-16(2)23-22(25(3)21(19)27)28-14-20(26)24-18-10-5-4-6-11-18/h7-9,12,18H,4-6,10-11,13-14H2,1-3H3,(H,24,26). The van der Waals surface area contributed by atoms with Gasteiger partial charge >= 0.3 is 0 Å². The SMILES string of the molecule is Cc1cccc(Cc2c(C)nc(SCC(=O)NC3CCCCC3)n(C)c2=O)c1. The van der Waals surface area contributed by atoms with Crippen LogP contribution >= 0.6 is 11.8 Å². The van der Waals surface area contributed by atoms with Gasteiger partial charge < -0.3 is 5.32 Å². The Morgan fingerprint density at radius 1 is 1.25 bits per heavy atom. The van der Waals surface area contributed by atoms with Gasteiger partial charge in [0, 0.05) is 30.8 Å². The number of hydrogen-bond donors (Lipinski definition) is 1. The van der Waals surface area contributed by atoms with Crippen LogP contribution in [0.4, 0.5) is 0 Å². The Morgan fingerprint density at radius 2 is 2.00 bits per heavy atom. The number of rotatable bonds is 6. The number of nitrogens with one attached hydrogen (secondary N) is 1. The molecular formula is C22H29N3O2S. The molecular weight excluding hydrogens is 370 g/mol. The van der Waals surface area contributed by atoms with Crippen molar-refractivity contribution < 1.29 is 4.79 Å². The van der Waals surface area contributed by atoms with Gasteiger partial charge in [-0.25, -0.2) is 4.98 Å². The van der Waals surface area contributed by atoms with Crippen LogP contribution in [0.1, 0.15) is 54.5 Å². The van der Waals surface area contributed by atoms with E-state index in [-0.39, 0.29) is 17.2 Å². The third-order valence-corrected chi connectivity index (χ3v) is 6.35. The predicted octanol–water partition coefficient (Wildman–Crippen LogP) is 3.53. The molecule has 28 heavy (non-hydrogen) atoms. The topological polar surface area (TPSA) is 64.0 Å². The minimum Gasteiger partial charge on any atom is -0.353 e. The highest BCUT2D eigenvalue weighted by molar-refractivity contribution is 7.99. The summed E-state index contributed by atoms with van der Waals surface area (Å²) in [5, 5.41) is 3.70. The van der Waals surface area contributed by atoms with E-state index in [1.807, 2.05) is 32.0 Å². The predicted molar refractivity (Wildman–Crippen MR) is 114 cm³/mol. The van der Waals surface area contributed by atoms with Crippen LogP contribution in [0.25, 0.3) is 0 Å². The van der Waals surface area contributed by atoms with Gasteiger partial charge in [0.15, 0.2) is 5.16 Å². The molecule has 1 aliphatic rings. The van der Waals surface area contributed by atoms with Crippen molar-refractivity contribution in [2.45, 2.75) is 63.6 Å². The van der Waals surface area contributed by atoms with E-state index in [4.69, 9.17) is 0 Å². The molecule has 1 fully saturated rings. The molecule has 2 aromatic rings. The normalized spacial score (nSPS) is 14.8. The number of carbonyl (C=O) groups excluding carboxylic acids is 1. The molecule has 1 amide bonds. The van der Waals surface area contributed by atoms with Crippen molar-refractivity contribution in [2.75, 3.05) is 5.75 Å². The summed E-state index contributed by atoms with van der Waals surface area (Å²) in [4.78, 5) is 29.7. The van der Waals surface area contributed by atoms with Gasteiger partial charge in [0.25, 0.3) is 5.56 Å². The molecule has 1 aliphatic carbocycles. The van der Waals surface area contributed by atoms with E-state index in [0.29, 0.717) is 23.2 Å². The molecule has 0 saturated heterocycles. The lowest BCUT2D eigenvalue weighted by molar-refractivity contribution is -0.119. The zero-order valence-corrected chi connectivity index (χ0v) is 17.8. The van der Waals surface area contributed by atoms with Crippen molar-refractivity contribution in [1.82, 2.24) is 14.9 Å². The monoisotopic (exact) mass is 399 g/mol. The number of benzene rings is 1. The van der Waals surface area contributed by atoms with Crippen LogP contribution < -0.4 is 10.9 Å². The van der Waals surface area contributed by atoms with E-state index in [0.717, 1.165) is 24.1 Å². The van der Waals surface area contributed by atoms with Gasteiger partial charge in [-0.2, -0.15) is 0 Å². The first-order valence-corrected chi connectivity index (χ1v) is 11.0. The fraction of sp³-hybridized carbons (Fsp3) is 0.500. The lowest BCUT2D eigenvalue weighted by Gasteiger charge is -2.22. The minimum absolute atomic E-state index is 0.0210. The van der Waals surface area contributed by atoms with Crippen molar-refractivity contribution in [3.8, 4) is 0 Å². The molecule has 1 saturated carbocycles. The molecule has 0 bridgehead atoms. The molecule has 0 atom stereocenters. The molecule has 3 rings (SSSR count). The van der Waals surface area contributed by atoms with Crippen molar-refractivity contribution in [3.05, 3.63) is 57.0 Å². The van der Waals surface area contributed by atoms with Crippen LogP contribution in [0, 0.1) is 13.8 Å². The van der Waals surface area contributed by atoms with Crippen LogP contribution in [0.2, 0.25) is 0 Å². The first kappa shape index (κ1) is 20.6. The Labute approximate surface area is 171 Å². The molecule has 1 aromatic carbocycles. The maximum absolute atomic E-state index is 12.9. The molecule has 0 unspecified atom stereocenters. The van der Waals surface area contributed by atoms with E-state index < -0.39 is 0 Å². The second kappa shape index (κ2) is 9.41. The smallest absolute Gasteiger partial charge is 0.257 e. The van der Waals surface area contributed by atoms with E-state index in [1.165, 1.54) is 36.6 Å². The average molecular weight is 400 g/mol. The van der Waals surface area contributed by atoms with Gasteiger partial charge in [0.2, 0.25) is 5.91 Å². The number of hydrogen-bond acceptors (Lipinski definition) is 4. The highest BCUT2D eigenvalue weighted by Gasteiger charge is 2.17. The van der Waals surface area contributed by atoms with Crippen LogP contribution in [0.3, 0.4) is 0 Å². The molecule has 1 heterocycles. The second-order valence-electron chi connectivity index (χ2n) is 7.68. The summed E-state index contributed by atoms with van der Waals surface area (Å²) in [5.74, 6) is 0.306. The molecule has 6 heteroatoms. The Balaban J connectivity index is 1.67. The largest absolute Gasteiger partial charge is 0.353 e. The minimum atomic E-state index is -0.0378. The lowest BCUT2D eigenvalue weighted by atomic mass is 9.95. The summed E-state index contributed by atoms with van der Waals surface area (Å²) in [7, 11) is 1.73. The average Bonchev–Trinajstić information content (AvgIpc) is 2.68. The van der Waals surface area contributed by atoms with Gasteiger partial charge in [-0.05, 0) is 32.3 Å². The van der Waals surface area contributed by atoms with Crippen LogP contribution in [-0.2, 0) is 18.3 Å². The molecule has 0 aliphatic heterocycles. The molecule has 1 N–H and O–H groups in total. The van der Waals surface area contributed by atoms with Crippen molar-refractivity contribution in [2.24, 2.45) is 7.05 Å². The summed E-state index contributed by atoms with van der Waals surface area (Å²) in [6.45, 7) is 3.92. The second-order valence-corrected chi connectivity index (χ2v) is 8.62. The molecule has 5 nitrogen and oxygen atoms in total. The van der Waals surface area contributed by atoms with Gasteiger partial charge in [-0.1, -0.05) is 60.9 Å². The van der Waals surface area contributed by atoms with Crippen LogP contribution in [-0.4, -0.2) is 27.3 Å². The molecule has 0 radical (unpaired) electrons. The van der Waals surface area contributed by atoms with Gasteiger partial charge in [0.1, 0.15) is 0 Å². The number of amides is 1.